The van der Waals surface area contributed by atoms with Crippen molar-refractivity contribution in [3.63, 3.8) is 0 Å². The summed E-state index contributed by atoms with van der Waals surface area (Å²) < 4.78 is 28.3. The largest absolute Gasteiger partial charge is 0.327 e. The number of amidine groups is 2. The Bertz CT molecular complexity index is 1590. The molecule has 3 aromatic rings. The van der Waals surface area contributed by atoms with Crippen molar-refractivity contribution in [2.24, 2.45) is 9.98 Å². The summed E-state index contributed by atoms with van der Waals surface area (Å²) in [7, 11) is -3.95. The first-order valence-corrected chi connectivity index (χ1v) is 13.0. The Morgan fingerprint density at radius 1 is 0.972 bits per heavy atom. The monoisotopic (exact) mass is 536 g/mol. The predicted octanol–water partition coefficient (Wildman–Crippen LogP) is 5.59. The minimum Gasteiger partial charge on any atom is -0.327 e. The number of halogens is 2. The van der Waals surface area contributed by atoms with Crippen LogP contribution in [0.4, 0.5) is 5.69 Å². The molecule has 1 N–H and O–H groups in total. The maximum atomic E-state index is 13.2. The van der Waals surface area contributed by atoms with E-state index >= 15 is 0 Å². The number of nitrogens with one attached hydrogen (secondary N) is 1. The van der Waals surface area contributed by atoms with Crippen LogP contribution in [0.3, 0.4) is 0 Å². The summed E-state index contributed by atoms with van der Waals surface area (Å²) >= 11 is 12.0. The molecular formula is C26H18Cl2N4O3S. The Morgan fingerprint density at radius 3 is 2.56 bits per heavy atom. The number of carbonyl (C=O) groups excluding carboxylic acids is 1. The van der Waals surface area contributed by atoms with Crippen LogP contribution >= 0.6 is 23.2 Å². The zero-order chi connectivity index (χ0) is 25.3. The summed E-state index contributed by atoms with van der Waals surface area (Å²) in [6, 6.07) is 19.5. The molecule has 0 radical (unpaired) electrons. The van der Waals surface area contributed by atoms with Gasteiger partial charge in [0.15, 0.2) is 5.84 Å². The molecule has 5 rings (SSSR count). The highest BCUT2D eigenvalue weighted by Gasteiger charge is 2.22. The number of rotatable bonds is 4. The number of benzene rings is 3. The summed E-state index contributed by atoms with van der Waals surface area (Å²) in [4.78, 5) is 23.9. The molecule has 2 aliphatic rings. The topological polar surface area (TPSA) is 91.2 Å². The van der Waals surface area contributed by atoms with Crippen molar-refractivity contribution in [1.29, 1.82) is 0 Å². The maximum Gasteiger partial charge on any atom is 0.279 e. The van der Waals surface area contributed by atoms with E-state index in [-0.39, 0.29) is 16.3 Å². The van der Waals surface area contributed by atoms with Gasteiger partial charge < -0.3 is 4.90 Å². The summed E-state index contributed by atoms with van der Waals surface area (Å²) in [5, 5.41) is 1.05. The first-order chi connectivity index (χ1) is 17.3. The Labute approximate surface area is 218 Å². The lowest BCUT2D eigenvalue weighted by Crippen LogP contribution is -2.25. The van der Waals surface area contributed by atoms with E-state index in [1.54, 1.807) is 42.6 Å². The summed E-state index contributed by atoms with van der Waals surface area (Å²) in [5.74, 6) is 0.205. The second-order valence-corrected chi connectivity index (χ2v) is 10.5. The van der Waals surface area contributed by atoms with Crippen molar-refractivity contribution in [1.82, 2.24) is 4.90 Å². The highest BCUT2D eigenvalue weighted by Crippen LogP contribution is 2.24. The molecule has 36 heavy (non-hydrogen) atoms. The minimum absolute atomic E-state index is 0.0720. The second kappa shape index (κ2) is 9.73. The molecule has 180 valence electrons. The molecule has 1 amide bonds. The van der Waals surface area contributed by atoms with Crippen molar-refractivity contribution in [3.8, 4) is 0 Å². The number of allylic oxidation sites excluding steroid dienone is 2. The fraction of sp³-hybridized carbons (Fsp3) is 0.0385. The summed E-state index contributed by atoms with van der Waals surface area (Å²) in [6.45, 7) is 0.507. The Morgan fingerprint density at radius 2 is 1.75 bits per heavy atom. The SMILES string of the molecule is O=C(N=C1N=C2C=CC(Cl)=CN2Cc2ccccc21)c1cccc(S(=O)(=O)Nc2ccc(Cl)cc2)c1. The van der Waals surface area contributed by atoms with Gasteiger partial charge in [0.25, 0.3) is 15.9 Å². The quantitative estimate of drug-likeness (QED) is 0.470. The van der Waals surface area contributed by atoms with Crippen LogP contribution in [0.2, 0.25) is 5.02 Å². The Kier molecular flexibility index (Phi) is 6.49. The van der Waals surface area contributed by atoms with E-state index < -0.39 is 15.9 Å². The van der Waals surface area contributed by atoms with E-state index in [9.17, 15) is 13.2 Å². The highest BCUT2D eigenvalue weighted by molar-refractivity contribution is 7.92. The number of amides is 1. The van der Waals surface area contributed by atoms with Gasteiger partial charge in [0, 0.05) is 34.6 Å². The summed E-state index contributed by atoms with van der Waals surface area (Å²) in [6.07, 6.45) is 5.24. The number of fused-ring (bicyclic) bond motifs is 2. The van der Waals surface area contributed by atoms with E-state index in [2.05, 4.69) is 14.7 Å². The number of hydrogen-bond acceptors (Lipinski definition) is 4. The molecule has 10 heteroatoms. The van der Waals surface area contributed by atoms with Crippen LogP contribution in [-0.2, 0) is 16.6 Å². The average molecular weight is 537 g/mol. The molecule has 2 aliphatic heterocycles. The standard InChI is InChI=1S/C26H18Cl2N4O3S/c27-19-8-11-21(12-9-19)31-36(34,35)22-6-3-5-17(14-22)26(33)30-25-23-7-2-1-4-18(23)15-32-16-20(28)10-13-24(32)29-25/h1-14,16,31H,15H2. The van der Waals surface area contributed by atoms with Gasteiger partial charge in [-0.25, -0.2) is 13.4 Å². The lowest BCUT2D eigenvalue weighted by Gasteiger charge is -2.21. The number of carbonyl (C=O) groups is 1. The third-order valence-electron chi connectivity index (χ3n) is 5.48. The van der Waals surface area contributed by atoms with Crippen molar-refractivity contribution in [2.75, 3.05) is 4.72 Å². The van der Waals surface area contributed by atoms with Crippen LogP contribution in [0.15, 0.2) is 111 Å². The molecule has 0 atom stereocenters. The number of hydrogen-bond donors (Lipinski definition) is 1. The predicted molar refractivity (Wildman–Crippen MR) is 142 cm³/mol. The third kappa shape index (κ3) is 5.11. The summed E-state index contributed by atoms with van der Waals surface area (Å²) in [5.41, 5.74) is 2.09. The number of sulfonamides is 1. The lowest BCUT2D eigenvalue weighted by molar-refractivity contribution is 0.100. The van der Waals surface area contributed by atoms with Gasteiger partial charge in [0.1, 0.15) is 5.84 Å². The maximum absolute atomic E-state index is 13.2. The van der Waals surface area contributed by atoms with Gasteiger partial charge in [-0.15, -0.1) is 0 Å². The van der Waals surface area contributed by atoms with Crippen LogP contribution < -0.4 is 4.72 Å². The molecule has 2 heterocycles. The first-order valence-electron chi connectivity index (χ1n) is 10.8. The molecular weight excluding hydrogens is 519 g/mol. The molecule has 7 nitrogen and oxygen atoms in total. The molecule has 0 bridgehead atoms. The number of aliphatic imine (C=N–C) groups is 2. The normalized spacial score (nSPS) is 15.9. The second-order valence-electron chi connectivity index (χ2n) is 7.98. The van der Waals surface area contributed by atoms with Gasteiger partial charge in [-0.1, -0.05) is 53.5 Å². The number of anilines is 1. The van der Waals surface area contributed by atoms with E-state index in [0.29, 0.717) is 33.7 Å². The average Bonchev–Trinajstić information content (AvgIpc) is 3.01. The molecule has 0 unspecified atom stereocenters. The smallest absolute Gasteiger partial charge is 0.279 e. The van der Waals surface area contributed by atoms with Gasteiger partial charge >= 0.3 is 0 Å². The van der Waals surface area contributed by atoms with Crippen molar-refractivity contribution >= 4 is 56.5 Å². The van der Waals surface area contributed by atoms with Gasteiger partial charge in [-0.3, -0.25) is 9.52 Å². The van der Waals surface area contributed by atoms with Crippen LogP contribution in [0.1, 0.15) is 21.5 Å². The molecule has 0 aromatic heterocycles. The van der Waals surface area contributed by atoms with Crippen LogP contribution in [-0.4, -0.2) is 30.9 Å². The van der Waals surface area contributed by atoms with Crippen LogP contribution in [0.5, 0.6) is 0 Å². The zero-order valence-electron chi connectivity index (χ0n) is 18.6. The minimum atomic E-state index is -3.95. The van der Waals surface area contributed by atoms with Gasteiger partial charge in [-0.2, -0.15) is 4.99 Å². The van der Waals surface area contributed by atoms with E-state index in [0.717, 1.165) is 5.56 Å². The molecule has 0 saturated heterocycles. The van der Waals surface area contributed by atoms with Crippen molar-refractivity contribution in [3.05, 3.63) is 118 Å². The third-order valence-corrected chi connectivity index (χ3v) is 7.33. The van der Waals surface area contributed by atoms with E-state index in [1.165, 1.54) is 24.3 Å². The molecule has 0 aliphatic carbocycles. The van der Waals surface area contributed by atoms with E-state index in [4.69, 9.17) is 23.2 Å². The van der Waals surface area contributed by atoms with E-state index in [1.807, 2.05) is 29.2 Å². The zero-order valence-corrected chi connectivity index (χ0v) is 20.9. The first kappa shape index (κ1) is 24.0. The van der Waals surface area contributed by atoms with Gasteiger partial charge in [0.05, 0.1) is 9.93 Å². The number of nitrogens with zero attached hydrogens (tertiary/aromatic N) is 3. The van der Waals surface area contributed by atoms with Gasteiger partial charge in [-0.05, 0) is 60.2 Å². The van der Waals surface area contributed by atoms with Crippen LogP contribution in [0, 0.1) is 0 Å². The van der Waals surface area contributed by atoms with Gasteiger partial charge in [0.2, 0.25) is 0 Å². The Balaban J connectivity index is 1.49. The fourth-order valence-electron chi connectivity index (χ4n) is 3.74. The molecule has 0 saturated carbocycles. The lowest BCUT2D eigenvalue weighted by atomic mass is 10.1. The van der Waals surface area contributed by atoms with Crippen LogP contribution in [0.25, 0.3) is 0 Å². The Hall–Kier alpha value is -3.72. The molecule has 0 fully saturated rings. The molecule has 0 spiro atoms. The van der Waals surface area contributed by atoms with Crippen molar-refractivity contribution in [2.45, 2.75) is 11.4 Å². The fourth-order valence-corrected chi connectivity index (χ4v) is 5.15. The van der Waals surface area contributed by atoms with Crippen molar-refractivity contribution < 1.29 is 13.2 Å². The molecule has 3 aromatic carbocycles. The highest BCUT2D eigenvalue weighted by atomic mass is 35.5.